The Morgan fingerprint density at radius 2 is 1.86 bits per heavy atom. The van der Waals surface area contributed by atoms with Gasteiger partial charge in [-0.3, -0.25) is 4.79 Å². The lowest BCUT2D eigenvalue weighted by molar-refractivity contribution is 0.0696. The van der Waals surface area contributed by atoms with Gasteiger partial charge in [-0.25, -0.2) is 4.79 Å². The summed E-state index contributed by atoms with van der Waals surface area (Å²) in [6.45, 7) is 4.56. The predicted molar refractivity (Wildman–Crippen MR) is 79.4 cm³/mol. The predicted octanol–water partition coefficient (Wildman–Crippen LogP) is 2.40. The number of hydrogen-bond donors (Lipinski definition) is 2. The second-order valence-electron chi connectivity index (χ2n) is 4.93. The molecule has 1 aromatic carbocycles. The molecule has 0 bridgehead atoms. The van der Waals surface area contributed by atoms with Gasteiger partial charge in [0.25, 0.3) is 5.91 Å². The van der Waals surface area contributed by atoms with Gasteiger partial charge in [-0.15, -0.1) is 0 Å². The molecule has 2 N–H and O–H groups in total. The van der Waals surface area contributed by atoms with Crippen LogP contribution in [0.5, 0.6) is 5.75 Å². The van der Waals surface area contributed by atoms with Gasteiger partial charge in [-0.1, -0.05) is 6.07 Å². The summed E-state index contributed by atoms with van der Waals surface area (Å²) in [5, 5.41) is 11.4. The van der Waals surface area contributed by atoms with Gasteiger partial charge in [0.2, 0.25) is 0 Å². The summed E-state index contributed by atoms with van der Waals surface area (Å²) < 4.78 is 10.5. The average Bonchev–Trinajstić information content (AvgIpc) is 2.92. The number of furan rings is 1. The van der Waals surface area contributed by atoms with Crippen LogP contribution in [-0.2, 0) is 0 Å². The number of ether oxygens (including phenoxy) is 1. The van der Waals surface area contributed by atoms with E-state index in [4.69, 9.17) is 14.3 Å². The average molecular weight is 303 g/mol. The summed E-state index contributed by atoms with van der Waals surface area (Å²) in [5.41, 5.74) is 2.16. The summed E-state index contributed by atoms with van der Waals surface area (Å²) in [6.07, 6.45) is 1.03. The Hall–Kier alpha value is -2.76. The SMILES string of the molecule is Cc1cc(C)cc(OCCNC(=O)c2cc(C(=O)O)co2)c1. The standard InChI is InChI=1S/C16H17NO5/c1-10-5-11(2)7-13(6-10)21-4-3-17-15(18)14-8-12(9-22-14)16(19)20/h5-9H,3-4H2,1-2H3,(H,17,18)(H,19,20). The molecule has 0 aliphatic heterocycles. The van der Waals surface area contributed by atoms with Crippen molar-refractivity contribution < 1.29 is 23.8 Å². The van der Waals surface area contributed by atoms with Gasteiger partial charge >= 0.3 is 5.97 Å². The topological polar surface area (TPSA) is 88.8 Å². The molecule has 0 aliphatic rings. The first-order chi connectivity index (χ1) is 10.5. The molecule has 0 aliphatic carbocycles. The minimum atomic E-state index is -1.14. The van der Waals surface area contributed by atoms with Crippen molar-refractivity contribution in [3.63, 3.8) is 0 Å². The molecule has 0 atom stereocenters. The Balaban J connectivity index is 1.80. The van der Waals surface area contributed by atoms with Gasteiger partial charge < -0.3 is 19.6 Å². The van der Waals surface area contributed by atoms with Crippen LogP contribution in [0.4, 0.5) is 0 Å². The van der Waals surface area contributed by atoms with E-state index in [-0.39, 0.29) is 17.9 Å². The van der Waals surface area contributed by atoms with Crippen molar-refractivity contribution in [2.75, 3.05) is 13.2 Å². The second kappa shape index (κ2) is 6.80. The van der Waals surface area contributed by atoms with Crippen molar-refractivity contribution in [3.8, 4) is 5.75 Å². The van der Waals surface area contributed by atoms with Crippen molar-refractivity contribution in [3.05, 3.63) is 53.0 Å². The van der Waals surface area contributed by atoms with Crippen LogP contribution in [0.25, 0.3) is 0 Å². The molecule has 0 radical (unpaired) electrons. The number of carbonyl (C=O) groups excluding carboxylic acids is 1. The van der Waals surface area contributed by atoms with Gasteiger partial charge in [0, 0.05) is 6.07 Å². The highest BCUT2D eigenvalue weighted by Gasteiger charge is 2.14. The Bertz CT molecular complexity index is 669. The molecule has 0 fully saturated rings. The Labute approximate surface area is 127 Å². The highest BCUT2D eigenvalue weighted by molar-refractivity contribution is 5.95. The summed E-state index contributed by atoms with van der Waals surface area (Å²) in [7, 11) is 0. The third-order valence-corrected chi connectivity index (χ3v) is 2.92. The lowest BCUT2D eigenvalue weighted by atomic mass is 10.1. The fraction of sp³-hybridized carbons (Fsp3) is 0.250. The van der Waals surface area contributed by atoms with Crippen molar-refractivity contribution in [1.82, 2.24) is 5.32 Å². The summed E-state index contributed by atoms with van der Waals surface area (Å²) in [6, 6.07) is 7.06. The van der Waals surface area contributed by atoms with Crippen LogP contribution < -0.4 is 10.1 Å². The van der Waals surface area contributed by atoms with E-state index in [0.717, 1.165) is 23.1 Å². The fourth-order valence-corrected chi connectivity index (χ4v) is 2.00. The molecule has 2 rings (SSSR count). The van der Waals surface area contributed by atoms with Gasteiger partial charge in [0.1, 0.15) is 18.6 Å². The first kappa shape index (κ1) is 15.6. The van der Waals surface area contributed by atoms with Crippen molar-refractivity contribution in [2.45, 2.75) is 13.8 Å². The molecule has 1 aromatic heterocycles. The number of aryl methyl sites for hydroxylation is 2. The maximum absolute atomic E-state index is 11.7. The second-order valence-corrected chi connectivity index (χ2v) is 4.93. The molecule has 6 nitrogen and oxygen atoms in total. The minimum Gasteiger partial charge on any atom is -0.492 e. The molecule has 0 spiro atoms. The van der Waals surface area contributed by atoms with E-state index in [1.165, 1.54) is 6.07 Å². The number of rotatable bonds is 6. The van der Waals surface area contributed by atoms with Crippen LogP contribution >= 0.6 is 0 Å². The molecular weight excluding hydrogens is 286 g/mol. The van der Waals surface area contributed by atoms with Crippen molar-refractivity contribution >= 4 is 11.9 Å². The molecular formula is C16H17NO5. The van der Waals surface area contributed by atoms with Crippen LogP contribution in [0.3, 0.4) is 0 Å². The molecule has 1 heterocycles. The van der Waals surface area contributed by atoms with Crippen LogP contribution in [0.2, 0.25) is 0 Å². The maximum atomic E-state index is 11.7. The number of carbonyl (C=O) groups is 2. The molecule has 2 aromatic rings. The van der Waals surface area contributed by atoms with Gasteiger partial charge in [0.05, 0.1) is 12.1 Å². The molecule has 6 heteroatoms. The quantitative estimate of drug-likeness (QED) is 0.800. The largest absolute Gasteiger partial charge is 0.492 e. The highest BCUT2D eigenvalue weighted by Crippen LogP contribution is 2.15. The van der Waals surface area contributed by atoms with Gasteiger partial charge in [0.15, 0.2) is 5.76 Å². The van der Waals surface area contributed by atoms with Crippen LogP contribution in [0.1, 0.15) is 32.0 Å². The molecule has 116 valence electrons. The van der Waals surface area contributed by atoms with Crippen LogP contribution in [0, 0.1) is 13.8 Å². The van der Waals surface area contributed by atoms with E-state index in [9.17, 15) is 9.59 Å². The third-order valence-electron chi connectivity index (χ3n) is 2.92. The number of hydrogen-bond acceptors (Lipinski definition) is 4. The molecule has 0 saturated heterocycles. The zero-order chi connectivity index (χ0) is 16.1. The van der Waals surface area contributed by atoms with E-state index in [1.807, 2.05) is 32.0 Å². The summed E-state index contributed by atoms with van der Waals surface area (Å²) >= 11 is 0. The van der Waals surface area contributed by atoms with E-state index >= 15 is 0 Å². The van der Waals surface area contributed by atoms with Crippen LogP contribution in [-0.4, -0.2) is 30.1 Å². The van der Waals surface area contributed by atoms with Crippen molar-refractivity contribution in [1.29, 1.82) is 0 Å². The summed E-state index contributed by atoms with van der Waals surface area (Å²) in [5.74, 6) is -0.904. The van der Waals surface area contributed by atoms with Crippen LogP contribution in [0.15, 0.2) is 34.9 Å². The number of amides is 1. The normalized spacial score (nSPS) is 10.3. The summed E-state index contributed by atoms with van der Waals surface area (Å²) in [4.78, 5) is 22.4. The Kier molecular flexibility index (Phi) is 4.83. The van der Waals surface area contributed by atoms with Gasteiger partial charge in [-0.05, 0) is 37.1 Å². The lowest BCUT2D eigenvalue weighted by Crippen LogP contribution is -2.27. The zero-order valence-electron chi connectivity index (χ0n) is 12.4. The number of carboxylic acids is 1. The lowest BCUT2D eigenvalue weighted by Gasteiger charge is -2.08. The van der Waals surface area contributed by atoms with E-state index in [1.54, 1.807) is 0 Å². The molecule has 0 saturated carbocycles. The smallest absolute Gasteiger partial charge is 0.338 e. The maximum Gasteiger partial charge on any atom is 0.338 e. The minimum absolute atomic E-state index is 0.0381. The molecule has 22 heavy (non-hydrogen) atoms. The van der Waals surface area contributed by atoms with Crippen molar-refractivity contribution in [2.24, 2.45) is 0 Å². The third kappa shape index (κ3) is 4.12. The number of carboxylic acid groups (broad SMARTS) is 1. The van der Waals surface area contributed by atoms with Gasteiger partial charge in [-0.2, -0.15) is 0 Å². The Morgan fingerprint density at radius 3 is 2.45 bits per heavy atom. The van der Waals surface area contributed by atoms with E-state index in [2.05, 4.69) is 5.32 Å². The first-order valence-corrected chi connectivity index (χ1v) is 6.77. The number of benzene rings is 1. The zero-order valence-corrected chi connectivity index (χ0v) is 12.4. The fourth-order valence-electron chi connectivity index (χ4n) is 2.00. The molecule has 1 amide bonds. The number of aromatic carboxylic acids is 1. The highest BCUT2D eigenvalue weighted by atomic mass is 16.5. The monoisotopic (exact) mass is 303 g/mol. The first-order valence-electron chi connectivity index (χ1n) is 6.77. The molecule has 0 unspecified atom stereocenters. The Morgan fingerprint density at radius 1 is 1.18 bits per heavy atom. The van der Waals surface area contributed by atoms with E-state index < -0.39 is 11.9 Å². The van der Waals surface area contributed by atoms with E-state index in [0.29, 0.717) is 6.61 Å². The number of nitrogens with one attached hydrogen (secondary N) is 1.